The summed E-state index contributed by atoms with van der Waals surface area (Å²) in [6, 6.07) is 7.93. The number of carbonyl (C=O) groups is 2. The van der Waals surface area contributed by atoms with E-state index in [1.807, 2.05) is 31.2 Å². The van der Waals surface area contributed by atoms with Crippen LogP contribution in [-0.2, 0) is 16.1 Å². The minimum absolute atomic E-state index is 0.0914. The van der Waals surface area contributed by atoms with E-state index in [4.69, 9.17) is 0 Å². The van der Waals surface area contributed by atoms with E-state index in [1.165, 1.54) is 0 Å². The van der Waals surface area contributed by atoms with Crippen LogP contribution >= 0.6 is 0 Å². The highest BCUT2D eigenvalue weighted by Crippen LogP contribution is 2.41. The SMILES string of the molecule is Cc1cccc(CNC(=O)CC2(C(=O)O)CCCC2)c1. The molecule has 0 bridgehead atoms. The highest BCUT2D eigenvalue weighted by atomic mass is 16.4. The van der Waals surface area contributed by atoms with E-state index >= 15 is 0 Å². The van der Waals surface area contributed by atoms with E-state index in [0.717, 1.165) is 24.0 Å². The van der Waals surface area contributed by atoms with Crippen molar-refractivity contribution in [2.45, 2.75) is 45.6 Å². The summed E-state index contributed by atoms with van der Waals surface area (Å²) < 4.78 is 0. The Morgan fingerprint density at radius 2 is 2.00 bits per heavy atom. The number of carboxylic acid groups (broad SMARTS) is 1. The predicted molar refractivity (Wildman–Crippen MR) is 76.2 cm³/mol. The molecule has 1 saturated carbocycles. The molecule has 1 aliphatic rings. The van der Waals surface area contributed by atoms with Gasteiger partial charge >= 0.3 is 5.97 Å². The van der Waals surface area contributed by atoms with Gasteiger partial charge in [0.25, 0.3) is 0 Å². The van der Waals surface area contributed by atoms with Gasteiger partial charge in [-0.3, -0.25) is 9.59 Å². The van der Waals surface area contributed by atoms with Crippen LogP contribution in [0, 0.1) is 12.3 Å². The monoisotopic (exact) mass is 275 g/mol. The van der Waals surface area contributed by atoms with Gasteiger partial charge in [-0.2, -0.15) is 0 Å². The van der Waals surface area contributed by atoms with Crippen LogP contribution in [-0.4, -0.2) is 17.0 Å². The van der Waals surface area contributed by atoms with Crippen LogP contribution in [0.1, 0.15) is 43.2 Å². The Kier molecular flexibility index (Phi) is 4.42. The fourth-order valence-corrected chi connectivity index (χ4v) is 2.91. The van der Waals surface area contributed by atoms with E-state index in [9.17, 15) is 14.7 Å². The summed E-state index contributed by atoms with van der Waals surface area (Å²) in [5, 5.41) is 12.2. The molecule has 0 aromatic heterocycles. The van der Waals surface area contributed by atoms with Crippen molar-refractivity contribution in [3.8, 4) is 0 Å². The molecular formula is C16H21NO3. The largest absolute Gasteiger partial charge is 0.481 e. The minimum atomic E-state index is -0.837. The second kappa shape index (κ2) is 6.07. The van der Waals surface area contributed by atoms with Gasteiger partial charge in [0.15, 0.2) is 0 Å². The molecule has 0 spiro atoms. The maximum Gasteiger partial charge on any atom is 0.310 e. The van der Waals surface area contributed by atoms with E-state index in [2.05, 4.69) is 5.32 Å². The lowest BCUT2D eigenvalue weighted by Gasteiger charge is -2.22. The average molecular weight is 275 g/mol. The van der Waals surface area contributed by atoms with Gasteiger partial charge in [-0.15, -0.1) is 0 Å². The molecule has 4 nitrogen and oxygen atoms in total. The van der Waals surface area contributed by atoms with Crippen LogP contribution in [0.5, 0.6) is 0 Å². The smallest absolute Gasteiger partial charge is 0.310 e. The lowest BCUT2D eigenvalue weighted by molar-refractivity contribution is -0.151. The molecule has 1 aromatic carbocycles. The molecule has 2 rings (SSSR count). The zero-order valence-corrected chi connectivity index (χ0v) is 11.8. The van der Waals surface area contributed by atoms with E-state index in [1.54, 1.807) is 0 Å². The first-order chi connectivity index (χ1) is 9.52. The van der Waals surface area contributed by atoms with Crippen molar-refractivity contribution in [3.05, 3.63) is 35.4 Å². The molecule has 1 fully saturated rings. The number of carbonyl (C=O) groups excluding carboxylic acids is 1. The molecule has 0 saturated heterocycles. The summed E-state index contributed by atoms with van der Waals surface area (Å²) in [6.07, 6.45) is 3.11. The Morgan fingerprint density at radius 1 is 1.30 bits per heavy atom. The molecule has 4 heteroatoms. The fraction of sp³-hybridized carbons (Fsp3) is 0.500. The number of hydrogen-bond donors (Lipinski definition) is 2. The number of amides is 1. The molecule has 108 valence electrons. The average Bonchev–Trinajstić information content (AvgIpc) is 2.86. The maximum absolute atomic E-state index is 12.0. The fourth-order valence-electron chi connectivity index (χ4n) is 2.91. The van der Waals surface area contributed by atoms with Gasteiger partial charge in [0.2, 0.25) is 5.91 Å². The van der Waals surface area contributed by atoms with Crippen LogP contribution in [0.3, 0.4) is 0 Å². The molecule has 0 radical (unpaired) electrons. The molecule has 0 atom stereocenters. The standard InChI is InChI=1S/C16H21NO3/c1-12-5-4-6-13(9-12)11-17-14(18)10-16(15(19)20)7-2-3-8-16/h4-6,9H,2-3,7-8,10-11H2,1H3,(H,17,18)(H,19,20). The van der Waals surface area contributed by atoms with Gasteiger partial charge < -0.3 is 10.4 Å². The van der Waals surface area contributed by atoms with Gasteiger partial charge in [-0.25, -0.2) is 0 Å². The van der Waals surface area contributed by atoms with Crippen molar-refractivity contribution in [2.75, 3.05) is 0 Å². The molecular weight excluding hydrogens is 254 g/mol. The first-order valence-corrected chi connectivity index (χ1v) is 7.07. The van der Waals surface area contributed by atoms with Gasteiger partial charge in [0.05, 0.1) is 5.41 Å². The third-order valence-corrected chi connectivity index (χ3v) is 4.09. The minimum Gasteiger partial charge on any atom is -0.481 e. The molecule has 0 aliphatic heterocycles. The van der Waals surface area contributed by atoms with Crippen molar-refractivity contribution >= 4 is 11.9 Å². The zero-order chi connectivity index (χ0) is 14.6. The Hall–Kier alpha value is -1.84. The quantitative estimate of drug-likeness (QED) is 0.868. The van der Waals surface area contributed by atoms with Gasteiger partial charge in [-0.1, -0.05) is 42.7 Å². The van der Waals surface area contributed by atoms with Gasteiger partial charge in [-0.05, 0) is 25.3 Å². The summed E-state index contributed by atoms with van der Waals surface area (Å²) in [5.41, 5.74) is 1.35. The Bertz CT molecular complexity index is 504. The molecule has 0 heterocycles. The normalized spacial score (nSPS) is 16.9. The molecule has 0 unspecified atom stereocenters. The van der Waals surface area contributed by atoms with Crippen molar-refractivity contribution < 1.29 is 14.7 Å². The van der Waals surface area contributed by atoms with Crippen LogP contribution in [0.25, 0.3) is 0 Å². The summed E-state index contributed by atoms with van der Waals surface area (Å²) in [6.45, 7) is 2.46. The van der Waals surface area contributed by atoms with Crippen LogP contribution in [0.2, 0.25) is 0 Å². The third-order valence-electron chi connectivity index (χ3n) is 4.09. The number of rotatable bonds is 5. The van der Waals surface area contributed by atoms with Crippen LogP contribution < -0.4 is 5.32 Å². The lowest BCUT2D eigenvalue weighted by Crippen LogP contribution is -2.35. The van der Waals surface area contributed by atoms with Crippen LogP contribution in [0.4, 0.5) is 0 Å². The van der Waals surface area contributed by atoms with Crippen LogP contribution in [0.15, 0.2) is 24.3 Å². The second-order valence-electron chi connectivity index (χ2n) is 5.74. The summed E-state index contributed by atoms with van der Waals surface area (Å²) in [5.74, 6) is -1.00. The van der Waals surface area contributed by atoms with Gasteiger partial charge in [0.1, 0.15) is 0 Å². The van der Waals surface area contributed by atoms with Gasteiger partial charge in [0, 0.05) is 13.0 Å². The zero-order valence-electron chi connectivity index (χ0n) is 11.8. The molecule has 1 aliphatic carbocycles. The highest BCUT2D eigenvalue weighted by molar-refractivity contribution is 5.85. The number of hydrogen-bond acceptors (Lipinski definition) is 2. The number of benzene rings is 1. The summed E-state index contributed by atoms with van der Waals surface area (Å²) in [7, 11) is 0. The molecule has 2 N–H and O–H groups in total. The van der Waals surface area contributed by atoms with Crippen molar-refractivity contribution in [1.82, 2.24) is 5.32 Å². The summed E-state index contributed by atoms with van der Waals surface area (Å²) in [4.78, 5) is 23.4. The lowest BCUT2D eigenvalue weighted by atomic mass is 9.82. The topological polar surface area (TPSA) is 66.4 Å². The molecule has 1 aromatic rings. The van der Waals surface area contributed by atoms with Crippen molar-refractivity contribution in [3.63, 3.8) is 0 Å². The summed E-state index contributed by atoms with van der Waals surface area (Å²) >= 11 is 0. The van der Waals surface area contributed by atoms with Crippen molar-refractivity contribution in [1.29, 1.82) is 0 Å². The number of nitrogens with one attached hydrogen (secondary N) is 1. The molecule has 1 amide bonds. The van der Waals surface area contributed by atoms with E-state index in [0.29, 0.717) is 19.4 Å². The molecule has 20 heavy (non-hydrogen) atoms. The Morgan fingerprint density at radius 3 is 2.60 bits per heavy atom. The Balaban J connectivity index is 1.90. The van der Waals surface area contributed by atoms with Crippen molar-refractivity contribution in [2.24, 2.45) is 5.41 Å². The second-order valence-corrected chi connectivity index (χ2v) is 5.74. The number of aryl methyl sites for hydroxylation is 1. The van der Waals surface area contributed by atoms with E-state index < -0.39 is 11.4 Å². The number of carboxylic acids is 1. The third kappa shape index (κ3) is 3.38. The maximum atomic E-state index is 12.0. The Labute approximate surface area is 119 Å². The first kappa shape index (κ1) is 14.6. The first-order valence-electron chi connectivity index (χ1n) is 7.07. The highest BCUT2D eigenvalue weighted by Gasteiger charge is 2.42. The number of aliphatic carboxylic acids is 1. The van der Waals surface area contributed by atoms with E-state index in [-0.39, 0.29) is 12.3 Å². The predicted octanol–water partition coefficient (Wildman–Crippen LogP) is 2.65.